The molecule has 0 aromatic heterocycles. The van der Waals surface area contributed by atoms with Gasteiger partial charge < -0.3 is 19.5 Å². The number of halogens is 2. The van der Waals surface area contributed by atoms with Crippen LogP contribution in [-0.4, -0.2) is 20.8 Å². The fraction of sp³-hybridized carbons (Fsp3) is 0.280. The van der Waals surface area contributed by atoms with E-state index < -0.39 is 0 Å². The van der Waals surface area contributed by atoms with E-state index in [1.807, 2.05) is 24.3 Å². The predicted molar refractivity (Wildman–Crippen MR) is 127 cm³/mol. The summed E-state index contributed by atoms with van der Waals surface area (Å²) in [6.45, 7) is 3.88. The van der Waals surface area contributed by atoms with Crippen molar-refractivity contribution in [2.45, 2.75) is 26.5 Å². The van der Waals surface area contributed by atoms with Gasteiger partial charge in [-0.15, -0.1) is 0 Å². The van der Waals surface area contributed by atoms with E-state index in [1.165, 1.54) is 5.56 Å². The van der Waals surface area contributed by atoms with Crippen LogP contribution in [0.1, 0.15) is 22.3 Å². The standard InChI is InChI=1S/C25H27Cl2NO3/c1-17-4-6-19(7-5-17)16-31-25-20(13-21(26)14-22(25)27)15-28-11-10-18-8-9-23(29-2)24(12-18)30-3/h4-9,12-14,28H,10-11,15-16H2,1-3H3. The van der Waals surface area contributed by atoms with Gasteiger partial charge in [-0.05, 0) is 55.3 Å². The van der Waals surface area contributed by atoms with Gasteiger partial charge in [0.1, 0.15) is 12.4 Å². The number of nitrogens with one attached hydrogen (secondary N) is 1. The zero-order valence-corrected chi connectivity index (χ0v) is 19.5. The second kappa shape index (κ2) is 11.3. The smallest absolute Gasteiger partial charge is 0.160 e. The van der Waals surface area contributed by atoms with E-state index in [0.29, 0.717) is 28.9 Å². The lowest BCUT2D eigenvalue weighted by molar-refractivity contribution is 0.302. The Morgan fingerprint density at radius 3 is 2.26 bits per heavy atom. The normalized spacial score (nSPS) is 10.7. The Labute approximate surface area is 194 Å². The minimum Gasteiger partial charge on any atom is -0.493 e. The van der Waals surface area contributed by atoms with Gasteiger partial charge in [-0.3, -0.25) is 0 Å². The fourth-order valence-electron chi connectivity index (χ4n) is 3.24. The molecule has 0 bridgehead atoms. The van der Waals surface area contributed by atoms with Crippen molar-refractivity contribution in [2.24, 2.45) is 0 Å². The molecule has 0 fully saturated rings. The van der Waals surface area contributed by atoms with E-state index >= 15 is 0 Å². The molecular weight excluding hydrogens is 433 g/mol. The van der Waals surface area contributed by atoms with Gasteiger partial charge in [-0.1, -0.05) is 59.1 Å². The molecule has 0 saturated heterocycles. The fourth-order valence-corrected chi connectivity index (χ4v) is 3.83. The number of rotatable bonds is 10. The summed E-state index contributed by atoms with van der Waals surface area (Å²) in [4.78, 5) is 0. The predicted octanol–water partition coefficient (Wildman–Crippen LogP) is 6.23. The van der Waals surface area contributed by atoms with Crippen LogP contribution in [0, 0.1) is 6.92 Å². The second-order valence-electron chi connectivity index (χ2n) is 7.27. The lowest BCUT2D eigenvalue weighted by Crippen LogP contribution is -2.17. The molecule has 0 atom stereocenters. The van der Waals surface area contributed by atoms with E-state index in [-0.39, 0.29) is 0 Å². The summed E-state index contributed by atoms with van der Waals surface area (Å²) in [6.07, 6.45) is 0.841. The number of ether oxygens (including phenoxy) is 3. The van der Waals surface area contributed by atoms with Crippen LogP contribution >= 0.6 is 23.2 Å². The molecule has 164 valence electrons. The highest BCUT2D eigenvalue weighted by Gasteiger charge is 2.12. The first-order valence-electron chi connectivity index (χ1n) is 10.1. The van der Waals surface area contributed by atoms with E-state index in [9.17, 15) is 0 Å². The maximum atomic E-state index is 6.43. The summed E-state index contributed by atoms with van der Waals surface area (Å²) in [5.41, 5.74) is 4.39. The highest BCUT2D eigenvalue weighted by molar-refractivity contribution is 6.35. The van der Waals surface area contributed by atoms with Crippen molar-refractivity contribution in [1.82, 2.24) is 5.32 Å². The lowest BCUT2D eigenvalue weighted by Gasteiger charge is -2.15. The molecular formula is C25H27Cl2NO3. The van der Waals surface area contributed by atoms with Gasteiger partial charge in [-0.2, -0.15) is 0 Å². The number of aryl methyl sites for hydroxylation is 1. The molecule has 0 unspecified atom stereocenters. The van der Waals surface area contributed by atoms with Crippen molar-refractivity contribution < 1.29 is 14.2 Å². The van der Waals surface area contributed by atoms with Gasteiger partial charge in [0.2, 0.25) is 0 Å². The Kier molecular flexibility index (Phi) is 8.47. The molecule has 0 aliphatic heterocycles. The van der Waals surface area contributed by atoms with Crippen LogP contribution < -0.4 is 19.5 Å². The zero-order chi connectivity index (χ0) is 22.2. The monoisotopic (exact) mass is 459 g/mol. The van der Waals surface area contributed by atoms with Gasteiger partial charge >= 0.3 is 0 Å². The molecule has 4 nitrogen and oxygen atoms in total. The summed E-state index contributed by atoms with van der Waals surface area (Å²) >= 11 is 12.7. The third kappa shape index (κ3) is 6.54. The largest absolute Gasteiger partial charge is 0.493 e. The van der Waals surface area contributed by atoms with Crippen LogP contribution in [-0.2, 0) is 19.6 Å². The Morgan fingerprint density at radius 2 is 1.55 bits per heavy atom. The van der Waals surface area contributed by atoms with Crippen molar-refractivity contribution in [1.29, 1.82) is 0 Å². The van der Waals surface area contributed by atoms with Crippen molar-refractivity contribution in [2.75, 3.05) is 20.8 Å². The highest BCUT2D eigenvalue weighted by Crippen LogP contribution is 2.33. The molecule has 1 N–H and O–H groups in total. The Bertz CT molecular complexity index is 1010. The van der Waals surface area contributed by atoms with Gasteiger partial charge in [0.25, 0.3) is 0 Å². The first kappa shape index (κ1) is 23.3. The Morgan fingerprint density at radius 1 is 0.839 bits per heavy atom. The van der Waals surface area contributed by atoms with E-state index in [0.717, 1.165) is 41.2 Å². The van der Waals surface area contributed by atoms with Crippen LogP contribution in [0.2, 0.25) is 10.0 Å². The summed E-state index contributed by atoms with van der Waals surface area (Å²) in [5.74, 6) is 2.11. The van der Waals surface area contributed by atoms with Crippen molar-refractivity contribution >= 4 is 23.2 Å². The summed E-state index contributed by atoms with van der Waals surface area (Å²) in [7, 11) is 3.27. The number of hydrogen-bond donors (Lipinski definition) is 1. The van der Waals surface area contributed by atoms with E-state index in [1.54, 1.807) is 20.3 Å². The quantitative estimate of drug-likeness (QED) is 0.364. The molecule has 31 heavy (non-hydrogen) atoms. The summed E-state index contributed by atoms with van der Waals surface area (Å²) < 4.78 is 16.7. The summed E-state index contributed by atoms with van der Waals surface area (Å²) in [5, 5.41) is 4.55. The molecule has 3 aromatic carbocycles. The first-order chi connectivity index (χ1) is 15.0. The molecule has 0 saturated carbocycles. The average Bonchev–Trinajstić information content (AvgIpc) is 2.77. The van der Waals surface area contributed by atoms with Crippen molar-refractivity contribution in [3.63, 3.8) is 0 Å². The number of benzene rings is 3. The van der Waals surface area contributed by atoms with Crippen LogP contribution in [0.25, 0.3) is 0 Å². The van der Waals surface area contributed by atoms with Crippen LogP contribution in [0.15, 0.2) is 54.6 Å². The molecule has 0 heterocycles. The van der Waals surface area contributed by atoms with Gasteiger partial charge in [0, 0.05) is 17.1 Å². The molecule has 3 rings (SSSR count). The van der Waals surface area contributed by atoms with Crippen LogP contribution in [0.5, 0.6) is 17.2 Å². The highest BCUT2D eigenvalue weighted by atomic mass is 35.5. The topological polar surface area (TPSA) is 39.7 Å². The molecule has 0 amide bonds. The maximum absolute atomic E-state index is 6.43. The Balaban J connectivity index is 1.61. The molecule has 0 aliphatic rings. The third-order valence-corrected chi connectivity index (χ3v) is 5.44. The van der Waals surface area contributed by atoms with Gasteiger partial charge in [0.15, 0.2) is 11.5 Å². The van der Waals surface area contributed by atoms with Crippen molar-refractivity contribution in [3.05, 3.63) is 86.9 Å². The summed E-state index contributed by atoms with van der Waals surface area (Å²) in [6, 6.07) is 17.8. The van der Waals surface area contributed by atoms with Gasteiger partial charge in [0.05, 0.1) is 19.2 Å². The minimum atomic E-state index is 0.445. The SMILES string of the molecule is COc1ccc(CCNCc2cc(Cl)cc(Cl)c2OCc2ccc(C)cc2)cc1OC. The third-order valence-electron chi connectivity index (χ3n) is 4.94. The average molecular weight is 460 g/mol. The molecule has 0 radical (unpaired) electrons. The molecule has 0 aliphatic carbocycles. The zero-order valence-electron chi connectivity index (χ0n) is 18.0. The number of methoxy groups -OCH3 is 2. The maximum Gasteiger partial charge on any atom is 0.160 e. The van der Waals surface area contributed by atoms with Crippen molar-refractivity contribution in [3.8, 4) is 17.2 Å². The molecule has 6 heteroatoms. The van der Waals surface area contributed by atoms with E-state index in [2.05, 4.69) is 36.5 Å². The van der Waals surface area contributed by atoms with Crippen LogP contribution in [0.3, 0.4) is 0 Å². The Hall–Kier alpha value is -2.40. The second-order valence-corrected chi connectivity index (χ2v) is 8.11. The van der Waals surface area contributed by atoms with E-state index in [4.69, 9.17) is 37.4 Å². The van der Waals surface area contributed by atoms with Crippen LogP contribution in [0.4, 0.5) is 0 Å². The minimum absolute atomic E-state index is 0.445. The molecule has 3 aromatic rings. The first-order valence-corrected chi connectivity index (χ1v) is 10.8. The van der Waals surface area contributed by atoms with Gasteiger partial charge in [-0.25, -0.2) is 0 Å². The number of hydrogen-bond acceptors (Lipinski definition) is 4. The molecule has 0 spiro atoms. The lowest BCUT2D eigenvalue weighted by atomic mass is 10.1.